The molecule has 1 aromatic rings. The molecule has 8 heteroatoms. The van der Waals surface area contributed by atoms with Crippen LogP contribution in [0, 0.1) is 24.7 Å². The van der Waals surface area contributed by atoms with Crippen molar-refractivity contribution in [2.45, 2.75) is 38.8 Å². The lowest BCUT2D eigenvalue weighted by atomic mass is 9.72. The molecule has 0 aliphatic carbocycles. The lowest BCUT2D eigenvalue weighted by Gasteiger charge is -2.35. The number of ether oxygens (including phenoxy) is 2. The van der Waals surface area contributed by atoms with Crippen molar-refractivity contribution in [3.8, 4) is 11.5 Å². The van der Waals surface area contributed by atoms with E-state index in [1.807, 2.05) is 13.8 Å². The molecule has 2 amide bonds. The zero-order valence-electron chi connectivity index (χ0n) is 16.7. The summed E-state index contributed by atoms with van der Waals surface area (Å²) < 4.78 is 10.9. The first-order valence-electron chi connectivity index (χ1n) is 9.31. The van der Waals surface area contributed by atoms with Gasteiger partial charge in [-0.2, -0.15) is 0 Å². The first kappa shape index (κ1) is 20.1. The SMILES string of the molecule is CCC(C)C1(C(=O)O)NC(c2ccc(OC)c(C)c2OC)C2C(=O)NC(=O)C21. The van der Waals surface area contributed by atoms with Crippen molar-refractivity contribution in [2.24, 2.45) is 17.8 Å². The second-order valence-corrected chi connectivity index (χ2v) is 7.48. The molecule has 0 spiro atoms. The van der Waals surface area contributed by atoms with Crippen molar-refractivity contribution in [1.82, 2.24) is 10.6 Å². The van der Waals surface area contributed by atoms with Crippen LogP contribution in [0.5, 0.6) is 11.5 Å². The number of imide groups is 1. The highest BCUT2D eigenvalue weighted by molar-refractivity contribution is 6.09. The summed E-state index contributed by atoms with van der Waals surface area (Å²) in [5.74, 6) is -3.21. The fraction of sp³-hybridized carbons (Fsp3) is 0.550. The van der Waals surface area contributed by atoms with Crippen LogP contribution in [-0.2, 0) is 14.4 Å². The lowest BCUT2D eigenvalue weighted by molar-refractivity contribution is -0.152. The molecule has 2 aliphatic rings. The number of hydrogen-bond donors (Lipinski definition) is 3. The van der Waals surface area contributed by atoms with E-state index in [2.05, 4.69) is 10.6 Å². The van der Waals surface area contributed by atoms with E-state index in [9.17, 15) is 19.5 Å². The smallest absolute Gasteiger partial charge is 0.325 e. The Kier molecular flexibility index (Phi) is 5.10. The van der Waals surface area contributed by atoms with Crippen LogP contribution in [0.2, 0.25) is 0 Å². The average Bonchev–Trinajstić information content (AvgIpc) is 3.18. The van der Waals surface area contributed by atoms with E-state index in [0.29, 0.717) is 23.5 Å². The van der Waals surface area contributed by atoms with Gasteiger partial charge in [0.1, 0.15) is 17.0 Å². The van der Waals surface area contributed by atoms with E-state index in [4.69, 9.17) is 9.47 Å². The highest BCUT2D eigenvalue weighted by atomic mass is 16.5. The molecule has 0 saturated carbocycles. The van der Waals surface area contributed by atoms with E-state index < -0.39 is 41.2 Å². The van der Waals surface area contributed by atoms with Gasteiger partial charge in [0.2, 0.25) is 11.8 Å². The molecule has 0 aromatic heterocycles. The largest absolute Gasteiger partial charge is 0.496 e. The number of aliphatic carboxylic acids is 1. The van der Waals surface area contributed by atoms with Gasteiger partial charge in [-0.3, -0.25) is 25.0 Å². The molecular formula is C20H26N2O6. The summed E-state index contributed by atoms with van der Waals surface area (Å²) in [4.78, 5) is 37.7. The maximum atomic E-state index is 12.6. The maximum absolute atomic E-state index is 12.6. The molecule has 3 rings (SSSR count). The van der Waals surface area contributed by atoms with E-state index in [-0.39, 0.29) is 5.92 Å². The van der Waals surface area contributed by atoms with Crippen LogP contribution in [-0.4, -0.2) is 42.6 Å². The van der Waals surface area contributed by atoms with Gasteiger partial charge >= 0.3 is 5.97 Å². The third-order valence-corrected chi connectivity index (χ3v) is 6.32. The lowest BCUT2D eigenvalue weighted by Crippen LogP contribution is -2.59. The summed E-state index contributed by atoms with van der Waals surface area (Å²) >= 11 is 0. The number of amides is 2. The molecule has 8 nitrogen and oxygen atoms in total. The topological polar surface area (TPSA) is 114 Å². The van der Waals surface area contributed by atoms with Gasteiger partial charge < -0.3 is 14.6 Å². The number of carbonyl (C=O) groups is 3. The molecule has 2 fully saturated rings. The van der Waals surface area contributed by atoms with Gasteiger partial charge in [0.15, 0.2) is 0 Å². The van der Waals surface area contributed by atoms with Crippen molar-refractivity contribution in [3.05, 3.63) is 23.3 Å². The van der Waals surface area contributed by atoms with Crippen LogP contribution in [0.15, 0.2) is 12.1 Å². The third kappa shape index (κ3) is 2.58. The van der Waals surface area contributed by atoms with Crippen LogP contribution in [0.1, 0.15) is 37.4 Å². The maximum Gasteiger partial charge on any atom is 0.325 e. The van der Waals surface area contributed by atoms with Crippen molar-refractivity contribution in [2.75, 3.05) is 14.2 Å². The van der Waals surface area contributed by atoms with E-state index in [0.717, 1.165) is 5.56 Å². The zero-order valence-corrected chi connectivity index (χ0v) is 16.7. The Morgan fingerprint density at radius 3 is 2.46 bits per heavy atom. The number of benzene rings is 1. The number of carboxylic acids is 1. The van der Waals surface area contributed by atoms with Gasteiger partial charge in [0.25, 0.3) is 0 Å². The van der Waals surface area contributed by atoms with Crippen LogP contribution in [0.3, 0.4) is 0 Å². The fourth-order valence-corrected chi connectivity index (χ4v) is 4.75. The molecule has 3 N–H and O–H groups in total. The van der Waals surface area contributed by atoms with Gasteiger partial charge in [-0.15, -0.1) is 0 Å². The predicted molar refractivity (Wildman–Crippen MR) is 100 cm³/mol. The molecule has 2 aliphatic heterocycles. The van der Waals surface area contributed by atoms with Crippen LogP contribution >= 0.6 is 0 Å². The van der Waals surface area contributed by atoms with Gasteiger partial charge in [0.05, 0.1) is 26.1 Å². The van der Waals surface area contributed by atoms with Gasteiger partial charge in [0, 0.05) is 17.2 Å². The molecule has 28 heavy (non-hydrogen) atoms. The highest BCUT2D eigenvalue weighted by Crippen LogP contribution is 2.52. The van der Waals surface area contributed by atoms with Crippen LogP contribution < -0.4 is 20.1 Å². The zero-order chi connectivity index (χ0) is 20.8. The molecule has 0 bridgehead atoms. The van der Waals surface area contributed by atoms with Crippen molar-refractivity contribution >= 4 is 17.8 Å². The van der Waals surface area contributed by atoms with Gasteiger partial charge in [-0.1, -0.05) is 26.3 Å². The Morgan fingerprint density at radius 1 is 1.25 bits per heavy atom. The number of rotatable bonds is 6. The second-order valence-electron chi connectivity index (χ2n) is 7.48. The molecule has 2 heterocycles. The van der Waals surface area contributed by atoms with Crippen molar-refractivity contribution in [3.63, 3.8) is 0 Å². The highest BCUT2D eigenvalue weighted by Gasteiger charge is 2.68. The second kappa shape index (κ2) is 7.09. The number of carbonyl (C=O) groups excluding carboxylic acids is 2. The van der Waals surface area contributed by atoms with Crippen LogP contribution in [0.25, 0.3) is 0 Å². The summed E-state index contributed by atoms with van der Waals surface area (Å²) in [6, 6.07) is 2.83. The summed E-state index contributed by atoms with van der Waals surface area (Å²) in [6.07, 6.45) is 0.537. The molecule has 5 unspecified atom stereocenters. The Labute approximate surface area is 163 Å². The van der Waals surface area contributed by atoms with Crippen molar-refractivity contribution < 1.29 is 29.0 Å². The predicted octanol–water partition coefficient (Wildman–Crippen LogP) is 1.41. The standard InChI is InChI=1S/C20H26N2O6/c1-6-9(2)20(19(25)26)14-13(17(23)21-18(14)24)15(22-20)11-7-8-12(27-4)10(3)16(11)28-5/h7-9,13-15,22H,6H2,1-5H3,(H,25,26)(H,21,23,24). The number of carboxylic acid groups (broad SMARTS) is 1. The summed E-state index contributed by atoms with van der Waals surface area (Å²) in [5, 5.41) is 15.6. The minimum Gasteiger partial charge on any atom is -0.496 e. The first-order chi connectivity index (χ1) is 13.2. The monoisotopic (exact) mass is 390 g/mol. The molecule has 0 radical (unpaired) electrons. The molecular weight excluding hydrogens is 364 g/mol. The summed E-state index contributed by atoms with van der Waals surface area (Å²) in [7, 11) is 3.06. The molecule has 152 valence electrons. The molecule has 5 atom stereocenters. The Bertz CT molecular complexity index is 838. The van der Waals surface area contributed by atoms with E-state index in [1.165, 1.54) is 7.11 Å². The Hall–Kier alpha value is -2.61. The Balaban J connectivity index is 2.21. The summed E-state index contributed by atoms with van der Waals surface area (Å²) in [5.41, 5.74) is -0.173. The van der Waals surface area contributed by atoms with E-state index in [1.54, 1.807) is 26.2 Å². The molecule has 1 aromatic carbocycles. The van der Waals surface area contributed by atoms with Gasteiger partial charge in [-0.25, -0.2) is 0 Å². The number of methoxy groups -OCH3 is 2. The first-order valence-corrected chi connectivity index (χ1v) is 9.31. The quantitative estimate of drug-likeness (QED) is 0.629. The average molecular weight is 390 g/mol. The van der Waals surface area contributed by atoms with Crippen LogP contribution in [0.4, 0.5) is 0 Å². The van der Waals surface area contributed by atoms with Crippen molar-refractivity contribution in [1.29, 1.82) is 0 Å². The minimum absolute atomic E-state index is 0.371. The number of fused-ring (bicyclic) bond motifs is 1. The molecule has 2 saturated heterocycles. The fourth-order valence-electron chi connectivity index (χ4n) is 4.75. The van der Waals surface area contributed by atoms with E-state index >= 15 is 0 Å². The normalized spacial score (nSPS) is 30.0. The third-order valence-electron chi connectivity index (χ3n) is 6.32. The Morgan fingerprint density at radius 2 is 1.93 bits per heavy atom. The number of hydrogen-bond acceptors (Lipinski definition) is 6. The van der Waals surface area contributed by atoms with Gasteiger partial charge in [-0.05, 0) is 18.9 Å². The summed E-state index contributed by atoms with van der Waals surface area (Å²) in [6.45, 7) is 5.48. The minimum atomic E-state index is -1.54. The number of nitrogens with one attached hydrogen (secondary N) is 2.